The molecule has 0 saturated heterocycles. The lowest BCUT2D eigenvalue weighted by molar-refractivity contribution is -0.124. The molecule has 4 heteroatoms. The van der Waals surface area contributed by atoms with Gasteiger partial charge in [-0.1, -0.05) is 18.2 Å². The fourth-order valence-corrected chi connectivity index (χ4v) is 1.70. The summed E-state index contributed by atoms with van der Waals surface area (Å²) >= 11 is 0. The van der Waals surface area contributed by atoms with Crippen LogP contribution in [0.4, 0.5) is 4.39 Å². The van der Waals surface area contributed by atoms with Crippen molar-refractivity contribution in [1.29, 1.82) is 0 Å². The van der Waals surface area contributed by atoms with E-state index in [1.165, 1.54) is 6.07 Å². The number of carbonyl (C=O) groups excluding carboxylic acids is 1. The number of nitrogens with one attached hydrogen (secondary N) is 2. The van der Waals surface area contributed by atoms with Crippen LogP contribution in [-0.2, 0) is 11.2 Å². The smallest absolute Gasteiger partial charge is 0.237 e. The van der Waals surface area contributed by atoms with Crippen molar-refractivity contribution < 1.29 is 9.18 Å². The SMILES string of the molecule is CC(NCCc1ccccc1F)C(=O)NC(C)(C)C. The van der Waals surface area contributed by atoms with Gasteiger partial charge in [-0.3, -0.25) is 4.79 Å². The van der Waals surface area contributed by atoms with Crippen molar-refractivity contribution in [2.45, 2.75) is 45.7 Å². The van der Waals surface area contributed by atoms with Crippen LogP contribution in [0.5, 0.6) is 0 Å². The van der Waals surface area contributed by atoms with Gasteiger partial charge in [0.1, 0.15) is 5.82 Å². The molecule has 0 spiro atoms. The van der Waals surface area contributed by atoms with Crippen molar-refractivity contribution in [3.8, 4) is 0 Å². The average Bonchev–Trinajstić information content (AvgIpc) is 2.29. The zero-order chi connectivity index (χ0) is 14.5. The molecule has 1 aromatic rings. The number of benzene rings is 1. The van der Waals surface area contributed by atoms with Crippen molar-refractivity contribution in [1.82, 2.24) is 10.6 Å². The van der Waals surface area contributed by atoms with Crippen LogP contribution in [0.15, 0.2) is 24.3 Å². The van der Waals surface area contributed by atoms with Crippen molar-refractivity contribution >= 4 is 5.91 Å². The lowest BCUT2D eigenvalue weighted by atomic mass is 10.1. The third kappa shape index (κ3) is 5.83. The van der Waals surface area contributed by atoms with Crippen LogP contribution >= 0.6 is 0 Å². The maximum absolute atomic E-state index is 13.4. The van der Waals surface area contributed by atoms with Crippen LogP contribution in [-0.4, -0.2) is 24.0 Å². The monoisotopic (exact) mass is 266 g/mol. The van der Waals surface area contributed by atoms with E-state index in [2.05, 4.69) is 10.6 Å². The van der Waals surface area contributed by atoms with Crippen LogP contribution in [0.1, 0.15) is 33.3 Å². The maximum atomic E-state index is 13.4. The van der Waals surface area contributed by atoms with Gasteiger partial charge in [-0.2, -0.15) is 0 Å². The van der Waals surface area contributed by atoms with Crippen molar-refractivity contribution in [2.24, 2.45) is 0 Å². The number of amides is 1. The first-order valence-electron chi connectivity index (χ1n) is 6.58. The molecule has 0 aliphatic heterocycles. The minimum atomic E-state index is -0.286. The minimum Gasteiger partial charge on any atom is -0.350 e. The molecule has 3 nitrogen and oxygen atoms in total. The second kappa shape index (κ2) is 6.66. The molecular weight excluding hydrogens is 243 g/mol. The zero-order valence-corrected chi connectivity index (χ0v) is 12.1. The van der Waals surface area contributed by atoms with E-state index in [0.717, 1.165) is 0 Å². The third-order valence-corrected chi connectivity index (χ3v) is 2.69. The van der Waals surface area contributed by atoms with Crippen LogP contribution < -0.4 is 10.6 Å². The van der Waals surface area contributed by atoms with Gasteiger partial charge >= 0.3 is 0 Å². The normalized spacial score (nSPS) is 13.1. The molecule has 0 aromatic heterocycles. The van der Waals surface area contributed by atoms with Gasteiger partial charge in [-0.25, -0.2) is 4.39 Å². The summed E-state index contributed by atoms with van der Waals surface area (Å²) in [4.78, 5) is 11.8. The van der Waals surface area contributed by atoms with E-state index in [9.17, 15) is 9.18 Å². The van der Waals surface area contributed by atoms with Crippen LogP contribution in [0.25, 0.3) is 0 Å². The van der Waals surface area contributed by atoms with E-state index >= 15 is 0 Å². The van der Waals surface area contributed by atoms with Crippen molar-refractivity contribution in [3.05, 3.63) is 35.6 Å². The van der Waals surface area contributed by atoms with Gasteiger partial charge in [0.2, 0.25) is 5.91 Å². The van der Waals surface area contributed by atoms with Gasteiger partial charge in [-0.05, 0) is 45.7 Å². The van der Waals surface area contributed by atoms with Gasteiger partial charge in [0.15, 0.2) is 0 Å². The minimum absolute atomic E-state index is 0.0407. The number of hydrogen-bond donors (Lipinski definition) is 2. The van der Waals surface area contributed by atoms with Crippen LogP contribution in [0.3, 0.4) is 0 Å². The van der Waals surface area contributed by atoms with Crippen LogP contribution in [0, 0.1) is 5.82 Å². The first kappa shape index (κ1) is 15.6. The Morgan fingerprint density at radius 1 is 1.32 bits per heavy atom. The molecule has 0 radical (unpaired) electrons. The molecule has 1 aromatic carbocycles. The Morgan fingerprint density at radius 3 is 2.53 bits per heavy atom. The number of rotatable bonds is 5. The van der Waals surface area contributed by atoms with Gasteiger partial charge < -0.3 is 10.6 Å². The highest BCUT2D eigenvalue weighted by atomic mass is 19.1. The van der Waals surface area contributed by atoms with Crippen molar-refractivity contribution in [2.75, 3.05) is 6.54 Å². The highest BCUT2D eigenvalue weighted by Crippen LogP contribution is 2.06. The van der Waals surface area contributed by atoms with E-state index in [4.69, 9.17) is 0 Å². The molecule has 0 fully saturated rings. The molecule has 106 valence electrons. The summed E-state index contributed by atoms with van der Waals surface area (Å²) in [5.41, 5.74) is 0.428. The molecule has 1 atom stereocenters. The summed E-state index contributed by atoms with van der Waals surface area (Å²) < 4.78 is 13.4. The van der Waals surface area contributed by atoms with Crippen molar-refractivity contribution in [3.63, 3.8) is 0 Å². The summed E-state index contributed by atoms with van der Waals surface area (Å²) in [6, 6.07) is 6.41. The first-order valence-corrected chi connectivity index (χ1v) is 6.58. The molecule has 0 saturated carbocycles. The summed E-state index contributed by atoms with van der Waals surface area (Å²) in [5.74, 6) is -0.239. The molecule has 0 aliphatic carbocycles. The standard InChI is InChI=1S/C15H23FN2O/c1-11(14(19)18-15(2,3)4)17-10-9-12-7-5-6-8-13(12)16/h5-8,11,17H,9-10H2,1-4H3,(H,18,19). The van der Waals surface area contributed by atoms with E-state index in [0.29, 0.717) is 18.5 Å². The second-order valence-corrected chi connectivity index (χ2v) is 5.76. The zero-order valence-electron chi connectivity index (χ0n) is 12.1. The predicted molar refractivity (Wildman–Crippen MR) is 75.5 cm³/mol. The lowest BCUT2D eigenvalue weighted by Gasteiger charge is -2.23. The highest BCUT2D eigenvalue weighted by Gasteiger charge is 2.18. The van der Waals surface area contributed by atoms with Gasteiger partial charge in [-0.15, -0.1) is 0 Å². The van der Waals surface area contributed by atoms with Gasteiger partial charge in [0.05, 0.1) is 6.04 Å². The largest absolute Gasteiger partial charge is 0.350 e. The van der Waals surface area contributed by atoms with Gasteiger partial charge in [0, 0.05) is 12.1 Å². The molecule has 1 amide bonds. The number of carbonyl (C=O) groups is 1. The lowest BCUT2D eigenvalue weighted by Crippen LogP contribution is -2.49. The predicted octanol–water partition coefficient (Wildman–Crippen LogP) is 2.26. The Bertz CT molecular complexity index is 426. The third-order valence-electron chi connectivity index (χ3n) is 2.69. The first-order chi connectivity index (χ1) is 8.79. The fourth-order valence-electron chi connectivity index (χ4n) is 1.70. The topological polar surface area (TPSA) is 41.1 Å². The Morgan fingerprint density at radius 2 is 1.95 bits per heavy atom. The highest BCUT2D eigenvalue weighted by molar-refractivity contribution is 5.81. The van der Waals surface area contributed by atoms with Gasteiger partial charge in [0.25, 0.3) is 0 Å². The quantitative estimate of drug-likeness (QED) is 0.858. The summed E-state index contributed by atoms with van der Waals surface area (Å²) in [7, 11) is 0. The second-order valence-electron chi connectivity index (χ2n) is 5.76. The molecular formula is C15H23FN2O. The number of halogens is 1. The Hall–Kier alpha value is -1.42. The summed E-state index contributed by atoms with van der Waals surface area (Å²) in [6.45, 7) is 8.20. The average molecular weight is 266 g/mol. The van der Waals surface area contributed by atoms with Crippen LogP contribution in [0.2, 0.25) is 0 Å². The van der Waals surface area contributed by atoms with E-state index < -0.39 is 0 Å². The Labute approximate surface area is 114 Å². The van der Waals surface area contributed by atoms with E-state index in [-0.39, 0.29) is 23.3 Å². The number of hydrogen-bond acceptors (Lipinski definition) is 2. The summed E-state index contributed by atoms with van der Waals surface area (Å²) in [5, 5.41) is 6.01. The fraction of sp³-hybridized carbons (Fsp3) is 0.533. The maximum Gasteiger partial charge on any atom is 0.237 e. The molecule has 2 N–H and O–H groups in total. The van der Waals surface area contributed by atoms with E-state index in [1.807, 2.05) is 33.8 Å². The molecule has 0 heterocycles. The summed E-state index contributed by atoms with van der Waals surface area (Å²) in [6.07, 6.45) is 0.569. The Kier molecular flexibility index (Phi) is 5.48. The molecule has 19 heavy (non-hydrogen) atoms. The molecule has 1 rings (SSSR count). The molecule has 1 unspecified atom stereocenters. The molecule has 0 aliphatic rings. The molecule has 0 bridgehead atoms. The van der Waals surface area contributed by atoms with E-state index in [1.54, 1.807) is 12.1 Å². The Balaban J connectivity index is 2.37.